The number of rotatable bonds is 4. The first-order valence-electron chi connectivity index (χ1n) is 3.19. The van der Waals surface area contributed by atoms with Crippen molar-refractivity contribution in [1.82, 2.24) is 0 Å². The van der Waals surface area contributed by atoms with Crippen LogP contribution in [0.5, 0.6) is 0 Å². The molecule has 66 valence electrons. The predicted octanol–water partition coefficient (Wildman–Crippen LogP) is 2.44. The standard InChI is InChI=1S/C4H12Cl2O2Si3/c1-10(2,5)7-9-8-11(3,4)6/h1-4H3. The lowest BCUT2D eigenvalue weighted by atomic mass is 11.9. The van der Waals surface area contributed by atoms with Crippen molar-refractivity contribution in [2.75, 3.05) is 0 Å². The molecule has 0 saturated carbocycles. The summed E-state index contributed by atoms with van der Waals surface area (Å²) in [6.07, 6.45) is 0. The van der Waals surface area contributed by atoms with E-state index in [9.17, 15) is 0 Å². The molecule has 0 N–H and O–H groups in total. The zero-order valence-electron chi connectivity index (χ0n) is 7.07. The highest BCUT2D eigenvalue weighted by Crippen LogP contribution is 2.12. The van der Waals surface area contributed by atoms with Crippen LogP contribution in [0.4, 0.5) is 0 Å². The molecule has 0 rings (SSSR count). The molecule has 0 bridgehead atoms. The molecule has 0 aliphatic carbocycles. The van der Waals surface area contributed by atoms with Crippen LogP contribution in [-0.4, -0.2) is 25.3 Å². The molecule has 0 atom stereocenters. The summed E-state index contributed by atoms with van der Waals surface area (Å²) in [5.41, 5.74) is 0. The second-order valence-electron chi connectivity index (χ2n) is 3.01. The maximum atomic E-state index is 5.88. The summed E-state index contributed by atoms with van der Waals surface area (Å²) in [7, 11) is -3.87. The van der Waals surface area contributed by atoms with Crippen LogP contribution in [-0.2, 0) is 8.23 Å². The van der Waals surface area contributed by atoms with Crippen molar-refractivity contribution >= 4 is 47.4 Å². The second-order valence-corrected chi connectivity index (χ2v) is 15.7. The molecule has 0 spiro atoms. The Morgan fingerprint density at radius 3 is 1.36 bits per heavy atom. The molecule has 0 saturated heterocycles. The van der Waals surface area contributed by atoms with Crippen molar-refractivity contribution in [3.8, 4) is 0 Å². The Balaban J connectivity index is 3.44. The molecule has 11 heavy (non-hydrogen) atoms. The molecular weight excluding hydrogens is 235 g/mol. The topological polar surface area (TPSA) is 18.5 Å². The lowest BCUT2D eigenvalue weighted by molar-refractivity contribution is 0.470. The first-order valence-corrected chi connectivity index (χ1v) is 11.9. The first-order chi connectivity index (χ1) is 4.71. The summed E-state index contributed by atoms with van der Waals surface area (Å²) in [5.74, 6) is 0. The van der Waals surface area contributed by atoms with Gasteiger partial charge in [0.1, 0.15) is 0 Å². The summed E-state index contributed by atoms with van der Waals surface area (Å²) in [6.45, 7) is 7.59. The van der Waals surface area contributed by atoms with Gasteiger partial charge < -0.3 is 8.23 Å². The van der Waals surface area contributed by atoms with Gasteiger partial charge in [0.15, 0.2) is 0 Å². The van der Waals surface area contributed by atoms with Crippen LogP contribution in [0, 0.1) is 0 Å². The summed E-state index contributed by atoms with van der Waals surface area (Å²) >= 11 is 11.8. The van der Waals surface area contributed by atoms with Crippen molar-refractivity contribution in [3.63, 3.8) is 0 Å². The Bertz CT molecular complexity index is 105. The van der Waals surface area contributed by atoms with Crippen molar-refractivity contribution in [2.24, 2.45) is 0 Å². The van der Waals surface area contributed by atoms with Gasteiger partial charge in [0.05, 0.1) is 0 Å². The Morgan fingerprint density at radius 1 is 0.909 bits per heavy atom. The zero-order valence-corrected chi connectivity index (χ0v) is 11.6. The quantitative estimate of drug-likeness (QED) is 0.561. The van der Waals surface area contributed by atoms with Crippen molar-refractivity contribution in [2.45, 2.75) is 26.2 Å². The smallest absolute Gasteiger partial charge is 0.411 e. The van der Waals surface area contributed by atoms with E-state index in [1.807, 2.05) is 26.2 Å². The van der Waals surface area contributed by atoms with Crippen molar-refractivity contribution in [3.05, 3.63) is 0 Å². The lowest BCUT2D eigenvalue weighted by Crippen LogP contribution is -2.32. The van der Waals surface area contributed by atoms with Gasteiger partial charge in [-0.1, -0.05) is 0 Å². The number of hydrogen-bond acceptors (Lipinski definition) is 2. The van der Waals surface area contributed by atoms with Gasteiger partial charge in [-0.05, 0) is 26.2 Å². The number of halogens is 2. The van der Waals surface area contributed by atoms with E-state index in [1.54, 1.807) is 0 Å². The fraction of sp³-hybridized carbons (Fsp3) is 1.00. The van der Waals surface area contributed by atoms with Crippen molar-refractivity contribution in [1.29, 1.82) is 0 Å². The third-order valence-electron chi connectivity index (χ3n) is 0.569. The van der Waals surface area contributed by atoms with Crippen LogP contribution in [0.1, 0.15) is 0 Å². The molecule has 0 fully saturated rings. The molecule has 0 aromatic rings. The summed E-state index contributed by atoms with van der Waals surface area (Å²) < 4.78 is 10.5. The van der Waals surface area contributed by atoms with E-state index >= 15 is 0 Å². The molecule has 7 heteroatoms. The predicted molar refractivity (Wildman–Crippen MR) is 54.6 cm³/mol. The van der Waals surface area contributed by atoms with E-state index in [0.717, 1.165) is 0 Å². The minimum absolute atomic E-state index is 0.00540. The molecule has 2 nitrogen and oxygen atoms in total. The van der Waals surface area contributed by atoms with Crippen LogP contribution in [0.25, 0.3) is 0 Å². The molecule has 0 unspecified atom stereocenters. The SMILES string of the molecule is C[Si](C)(Cl)O[Si]O[Si](C)(C)Cl. The number of hydrogen-bond donors (Lipinski definition) is 0. The third kappa shape index (κ3) is 11.2. The Labute approximate surface area is 81.9 Å². The van der Waals surface area contributed by atoms with Gasteiger partial charge in [-0.15, -0.1) is 22.2 Å². The van der Waals surface area contributed by atoms with Crippen LogP contribution >= 0.6 is 22.2 Å². The van der Waals surface area contributed by atoms with Crippen molar-refractivity contribution < 1.29 is 8.23 Å². The fourth-order valence-corrected chi connectivity index (χ4v) is 2.91. The highest BCUT2D eigenvalue weighted by molar-refractivity contribution is 7.18. The van der Waals surface area contributed by atoms with E-state index in [0.29, 0.717) is 0 Å². The molecular formula is C4H12Cl2O2Si3. The lowest BCUT2D eigenvalue weighted by Gasteiger charge is -2.17. The summed E-state index contributed by atoms with van der Waals surface area (Å²) in [6, 6.07) is 0. The van der Waals surface area contributed by atoms with Gasteiger partial charge in [-0.2, -0.15) is 0 Å². The highest BCUT2D eigenvalue weighted by atomic mass is 35.6. The second kappa shape index (κ2) is 4.40. The molecule has 0 aliphatic heterocycles. The Kier molecular flexibility index (Phi) is 4.87. The summed E-state index contributed by atoms with van der Waals surface area (Å²) in [5, 5.41) is 0. The van der Waals surface area contributed by atoms with E-state index in [-0.39, 0.29) is 10.0 Å². The van der Waals surface area contributed by atoms with Crippen LogP contribution in [0.15, 0.2) is 0 Å². The average Bonchev–Trinajstić information content (AvgIpc) is 1.55. The Hall–Kier alpha value is 1.15. The van der Waals surface area contributed by atoms with Gasteiger partial charge in [-0.3, -0.25) is 0 Å². The minimum atomic E-state index is -1.93. The average molecular weight is 247 g/mol. The van der Waals surface area contributed by atoms with Crippen LogP contribution < -0.4 is 0 Å². The molecule has 2 radical (unpaired) electrons. The van der Waals surface area contributed by atoms with Gasteiger partial charge in [-0.25, -0.2) is 0 Å². The van der Waals surface area contributed by atoms with Gasteiger partial charge >= 0.3 is 10.0 Å². The fourth-order valence-electron chi connectivity index (χ4n) is 0.219. The largest absolute Gasteiger partial charge is 0.423 e. The van der Waals surface area contributed by atoms with Gasteiger partial charge in [0.2, 0.25) is 0 Å². The Morgan fingerprint density at radius 2 is 1.18 bits per heavy atom. The summed E-state index contributed by atoms with van der Waals surface area (Å²) in [4.78, 5) is 0. The molecule has 0 aliphatic rings. The molecule has 0 heterocycles. The van der Waals surface area contributed by atoms with E-state index in [2.05, 4.69) is 0 Å². The monoisotopic (exact) mass is 246 g/mol. The van der Waals surface area contributed by atoms with E-state index in [4.69, 9.17) is 30.4 Å². The zero-order chi connectivity index (χ0) is 9.12. The molecule has 0 aromatic heterocycles. The maximum absolute atomic E-state index is 5.88. The van der Waals surface area contributed by atoms with E-state index in [1.165, 1.54) is 0 Å². The van der Waals surface area contributed by atoms with Gasteiger partial charge in [0.25, 0.3) is 15.3 Å². The van der Waals surface area contributed by atoms with E-state index < -0.39 is 15.3 Å². The first kappa shape index (κ1) is 12.2. The third-order valence-corrected chi connectivity index (χ3v) is 6.51. The highest BCUT2D eigenvalue weighted by Gasteiger charge is 2.23. The molecule has 0 aromatic carbocycles. The molecule has 0 amide bonds. The van der Waals surface area contributed by atoms with Gasteiger partial charge in [0, 0.05) is 0 Å². The normalized spacial score (nSPS) is 13.6. The minimum Gasteiger partial charge on any atom is -0.423 e. The van der Waals surface area contributed by atoms with Crippen LogP contribution in [0.3, 0.4) is 0 Å². The maximum Gasteiger partial charge on any atom is 0.411 e. The van der Waals surface area contributed by atoms with Crippen LogP contribution in [0.2, 0.25) is 26.2 Å².